The third-order valence-electron chi connectivity index (χ3n) is 5.20. The molecule has 1 N–H and O–H groups in total. The smallest absolute Gasteiger partial charge is 0.123 e. The Balaban J connectivity index is 2.09. The highest BCUT2D eigenvalue weighted by atomic mass is 19.1. The Morgan fingerprint density at radius 1 is 1.24 bits per heavy atom. The van der Waals surface area contributed by atoms with Gasteiger partial charge in [-0.1, -0.05) is 32.3 Å². The van der Waals surface area contributed by atoms with Crippen LogP contribution in [0, 0.1) is 30.5 Å². The van der Waals surface area contributed by atoms with Crippen molar-refractivity contribution in [2.24, 2.45) is 17.8 Å². The van der Waals surface area contributed by atoms with E-state index in [0.717, 1.165) is 24.8 Å². The molecule has 0 aliphatic heterocycles. The van der Waals surface area contributed by atoms with Crippen molar-refractivity contribution in [3.05, 3.63) is 35.1 Å². The van der Waals surface area contributed by atoms with Crippen LogP contribution in [0.25, 0.3) is 0 Å². The molecule has 0 radical (unpaired) electrons. The SMILES string of the molecule is CCCC1CCC(CNC)C(Cc2cc(F)ccc2C)C1. The average Bonchev–Trinajstić information content (AvgIpc) is 2.46. The Bertz CT molecular complexity index is 443. The standard InChI is InChI=1S/C19H30FN/c1-4-5-15-7-8-16(13-21-3)18(10-15)11-17-12-19(20)9-6-14(17)2/h6,9,12,15-16,18,21H,4-5,7-8,10-11,13H2,1-3H3. The number of aryl methyl sites for hydroxylation is 1. The predicted octanol–water partition coefficient (Wildman–Crippen LogP) is 4.73. The molecule has 0 saturated heterocycles. The molecule has 1 aliphatic carbocycles. The molecule has 1 saturated carbocycles. The minimum absolute atomic E-state index is 0.0957. The Hall–Kier alpha value is -0.890. The van der Waals surface area contributed by atoms with Gasteiger partial charge in [0.05, 0.1) is 0 Å². The molecule has 1 aromatic rings. The van der Waals surface area contributed by atoms with Gasteiger partial charge in [-0.3, -0.25) is 0 Å². The summed E-state index contributed by atoms with van der Waals surface area (Å²) in [6, 6.07) is 5.24. The Morgan fingerprint density at radius 2 is 2.05 bits per heavy atom. The normalized spacial score (nSPS) is 26.0. The maximum absolute atomic E-state index is 13.5. The summed E-state index contributed by atoms with van der Waals surface area (Å²) >= 11 is 0. The van der Waals surface area contributed by atoms with Crippen molar-refractivity contribution in [3.63, 3.8) is 0 Å². The van der Waals surface area contributed by atoms with Crippen LogP contribution in [-0.2, 0) is 6.42 Å². The Morgan fingerprint density at radius 3 is 2.76 bits per heavy atom. The minimum Gasteiger partial charge on any atom is -0.319 e. The molecular formula is C19H30FN. The van der Waals surface area contributed by atoms with Gasteiger partial charge in [-0.15, -0.1) is 0 Å². The Kier molecular flexibility index (Phi) is 6.22. The first-order valence-electron chi connectivity index (χ1n) is 8.53. The molecule has 1 aromatic carbocycles. The second-order valence-electron chi connectivity index (χ2n) is 6.82. The summed E-state index contributed by atoms with van der Waals surface area (Å²) in [7, 11) is 2.04. The number of hydrogen-bond acceptors (Lipinski definition) is 1. The van der Waals surface area contributed by atoms with Gasteiger partial charge in [0.15, 0.2) is 0 Å². The molecular weight excluding hydrogens is 261 g/mol. The van der Waals surface area contributed by atoms with Crippen molar-refractivity contribution in [2.45, 2.75) is 52.4 Å². The molecule has 0 spiro atoms. The number of benzene rings is 1. The van der Waals surface area contributed by atoms with Crippen molar-refractivity contribution in [2.75, 3.05) is 13.6 Å². The van der Waals surface area contributed by atoms with Crippen LogP contribution < -0.4 is 5.32 Å². The topological polar surface area (TPSA) is 12.0 Å². The molecule has 0 amide bonds. The second-order valence-corrected chi connectivity index (χ2v) is 6.82. The number of nitrogens with one attached hydrogen (secondary N) is 1. The maximum Gasteiger partial charge on any atom is 0.123 e. The number of hydrogen-bond donors (Lipinski definition) is 1. The Labute approximate surface area is 129 Å². The fraction of sp³-hybridized carbons (Fsp3) is 0.684. The summed E-state index contributed by atoms with van der Waals surface area (Å²) in [6.07, 6.45) is 7.69. The van der Waals surface area contributed by atoms with E-state index in [9.17, 15) is 4.39 Å². The summed E-state index contributed by atoms with van der Waals surface area (Å²) in [6.45, 7) is 5.48. The van der Waals surface area contributed by atoms with E-state index in [1.807, 2.05) is 13.1 Å². The molecule has 3 atom stereocenters. The van der Waals surface area contributed by atoms with Gasteiger partial charge < -0.3 is 5.32 Å². The fourth-order valence-corrected chi connectivity index (χ4v) is 4.02. The molecule has 1 aliphatic rings. The van der Waals surface area contributed by atoms with Crippen LogP contribution in [0.15, 0.2) is 18.2 Å². The van der Waals surface area contributed by atoms with Gasteiger partial charge in [-0.2, -0.15) is 0 Å². The van der Waals surface area contributed by atoms with Crippen molar-refractivity contribution in [3.8, 4) is 0 Å². The molecule has 1 nitrogen and oxygen atoms in total. The molecule has 2 heteroatoms. The molecule has 3 unspecified atom stereocenters. The largest absolute Gasteiger partial charge is 0.319 e. The average molecular weight is 291 g/mol. The van der Waals surface area contributed by atoms with Crippen molar-refractivity contribution in [1.29, 1.82) is 0 Å². The summed E-state index contributed by atoms with van der Waals surface area (Å²) in [5.41, 5.74) is 2.44. The van der Waals surface area contributed by atoms with Crippen LogP contribution in [0.4, 0.5) is 4.39 Å². The summed E-state index contributed by atoms with van der Waals surface area (Å²) in [5.74, 6) is 2.22. The van der Waals surface area contributed by atoms with Crippen LogP contribution in [-0.4, -0.2) is 13.6 Å². The summed E-state index contributed by atoms with van der Waals surface area (Å²) in [5, 5.41) is 3.35. The highest BCUT2D eigenvalue weighted by molar-refractivity contribution is 5.27. The van der Waals surface area contributed by atoms with Crippen LogP contribution in [0.2, 0.25) is 0 Å². The lowest BCUT2D eigenvalue weighted by atomic mass is 9.70. The van der Waals surface area contributed by atoms with Crippen LogP contribution in [0.5, 0.6) is 0 Å². The van der Waals surface area contributed by atoms with Crippen molar-refractivity contribution >= 4 is 0 Å². The number of rotatable bonds is 6. The monoisotopic (exact) mass is 291 g/mol. The van der Waals surface area contributed by atoms with E-state index in [1.165, 1.54) is 43.2 Å². The summed E-state index contributed by atoms with van der Waals surface area (Å²) in [4.78, 5) is 0. The first-order chi connectivity index (χ1) is 10.1. The first-order valence-corrected chi connectivity index (χ1v) is 8.53. The van der Waals surface area contributed by atoms with E-state index in [2.05, 4.69) is 19.2 Å². The van der Waals surface area contributed by atoms with E-state index in [4.69, 9.17) is 0 Å². The molecule has 0 aromatic heterocycles. The molecule has 21 heavy (non-hydrogen) atoms. The van der Waals surface area contributed by atoms with E-state index >= 15 is 0 Å². The lowest BCUT2D eigenvalue weighted by Crippen LogP contribution is -2.33. The van der Waals surface area contributed by atoms with E-state index in [0.29, 0.717) is 5.92 Å². The summed E-state index contributed by atoms with van der Waals surface area (Å²) < 4.78 is 13.5. The lowest BCUT2D eigenvalue weighted by Gasteiger charge is -2.36. The van der Waals surface area contributed by atoms with Crippen molar-refractivity contribution < 1.29 is 4.39 Å². The van der Waals surface area contributed by atoms with Crippen LogP contribution >= 0.6 is 0 Å². The van der Waals surface area contributed by atoms with Gasteiger partial charge in [0.2, 0.25) is 0 Å². The van der Waals surface area contributed by atoms with Crippen LogP contribution in [0.1, 0.15) is 50.2 Å². The molecule has 2 rings (SSSR count). The quantitative estimate of drug-likeness (QED) is 0.799. The fourth-order valence-electron chi connectivity index (χ4n) is 4.02. The zero-order valence-electron chi connectivity index (χ0n) is 13.8. The van der Waals surface area contributed by atoms with Crippen molar-refractivity contribution in [1.82, 2.24) is 5.32 Å². The molecule has 0 heterocycles. The van der Waals surface area contributed by atoms with Crippen LogP contribution in [0.3, 0.4) is 0 Å². The van der Waals surface area contributed by atoms with Gasteiger partial charge in [0.25, 0.3) is 0 Å². The maximum atomic E-state index is 13.5. The van der Waals surface area contributed by atoms with Gasteiger partial charge in [0, 0.05) is 0 Å². The first kappa shape index (κ1) is 16.5. The van der Waals surface area contributed by atoms with E-state index in [1.54, 1.807) is 12.1 Å². The highest BCUT2D eigenvalue weighted by Gasteiger charge is 2.30. The zero-order chi connectivity index (χ0) is 15.2. The second kappa shape index (κ2) is 7.93. The highest BCUT2D eigenvalue weighted by Crippen LogP contribution is 2.38. The van der Waals surface area contributed by atoms with E-state index < -0.39 is 0 Å². The molecule has 1 fully saturated rings. The molecule has 0 bridgehead atoms. The van der Waals surface area contributed by atoms with Gasteiger partial charge in [-0.05, 0) is 80.8 Å². The molecule has 118 valence electrons. The predicted molar refractivity (Wildman–Crippen MR) is 88.0 cm³/mol. The van der Waals surface area contributed by atoms with E-state index in [-0.39, 0.29) is 5.82 Å². The van der Waals surface area contributed by atoms with Gasteiger partial charge >= 0.3 is 0 Å². The minimum atomic E-state index is -0.0957. The number of halogens is 1. The lowest BCUT2D eigenvalue weighted by molar-refractivity contribution is 0.169. The zero-order valence-corrected chi connectivity index (χ0v) is 13.8. The third-order valence-corrected chi connectivity index (χ3v) is 5.20. The third kappa shape index (κ3) is 4.54. The van der Waals surface area contributed by atoms with Gasteiger partial charge in [0.1, 0.15) is 5.82 Å². The van der Waals surface area contributed by atoms with Gasteiger partial charge in [-0.25, -0.2) is 4.39 Å².